The normalized spacial score (nSPS) is 10.9. The molecule has 13 nitrogen and oxygen atoms in total. The molecular weight excluding hydrogens is 827 g/mol. The molecule has 0 saturated carbocycles. The summed E-state index contributed by atoms with van der Waals surface area (Å²) in [5, 5.41) is 4.82. The maximum atomic E-state index is 14.9. The van der Waals surface area contributed by atoms with E-state index in [1.54, 1.807) is 87.8 Å². The van der Waals surface area contributed by atoms with Crippen LogP contribution in [0.2, 0.25) is 0 Å². The van der Waals surface area contributed by atoms with Gasteiger partial charge in [-0.2, -0.15) is 5.54 Å². The summed E-state index contributed by atoms with van der Waals surface area (Å²) in [6.07, 6.45) is 3.47. The molecule has 17 heteroatoms. The van der Waals surface area contributed by atoms with Crippen LogP contribution >= 0.6 is 22.7 Å². The Morgan fingerprint density at radius 2 is 1.16 bits per heavy atom. The molecule has 308 valence electrons. The summed E-state index contributed by atoms with van der Waals surface area (Å²) in [6.45, 7) is 0. The number of halogens is 2. The molecule has 9 aromatic rings. The lowest BCUT2D eigenvalue weighted by atomic mass is 10.1. The minimum Gasteiger partial charge on any atom is -0.493 e. The van der Waals surface area contributed by atoms with Gasteiger partial charge in [0.05, 0.1) is 66.3 Å². The standard InChI is InChI=1S/C26H20FN3O4S.C18H14FN3O3S/c1-32-22-11-16-18(13-23(22)33-2)28-9-8-20(16)34-21-14-24-19(12-17(21)27)29-26(35-24)30-25(31)10-15-6-4-3-5-7-15;1-23-15-8-11-13(9-16(15)24-2)20-6-5-14(11)25-10-3-4-12-17(7-10)26-18(21-12)22-19/h3-9,11-14H,10H2,1-2H3,(H,29,30,31);3-9H,1-2H3,(H,21,22). The summed E-state index contributed by atoms with van der Waals surface area (Å²) in [6, 6.07) is 28.2. The first-order valence-corrected chi connectivity index (χ1v) is 20.0. The lowest BCUT2D eigenvalue weighted by molar-refractivity contribution is -0.115. The SMILES string of the molecule is COc1cc2nccc(Oc3cc4sc(NC(=O)Cc5ccccc5)nc4cc3F)c2cc1OC.COc1cc2nccc(Oc3ccc4nc(NF)sc4c3)c2cc1OC. The highest BCUT2D eigenvalue weighted by atomic mass is 32.1. The van der Waals surface area contributed by atoms with E-state index >= 15 is 0 Å². The molecule has 0 fully saturated rings. The second kappa shape index (κ2) is 17.9. The van der Waals surface area contributed by atoms with E-state index in [1.165, 1.54) is 35.8 Å². The largest absolute Gasteiger partial charge is 0.493 e. The van der Waals surface area contributed by atoms with Crippen LogP contribution < -0.4 is 39.3 Å². The molecule has 4 aromatic heterocycles. The van der Waals surface area contributed by atoms with Gasteiger partial charge in [-0.15, -0.1) is 4.48 Å². The molecule has 0 aliphatic carbocycles. The Morgan fingerprint density at radius 3 is 1.79 bits per heavy atom. The summed E-state index contributed by atoms with van der Waals surface area (Å²) in [4.78, 5) is 29.5. The third-order valence-electron chi connectivity index (χ3n) is 9.20. The number of benzene rings is 5. The van der Waals surface area contributed by atoms with Crippen molar-refractivity contribution in [2.75, 3.05) is 39.3 Å². The Hall–Kier alpha value is -7.37. The molecule has 2 N–H and O–H groups in total. The minimum absolute atomic E-state index is 0.0330. The van der Waals surface area contributed by atoms with E-state index in [2.05, 4.69) is 25.3 Å². The maximum absolute atomic E-state index is 14.9. The van der Waals surface area contributed by atoms with Gasteiger partial charge in [-0.3, -0.25) is 14.8 Å². The number of rotatable bonds is 12. The molecule has 0 saturated heterocycles. The fourth-order valence-electron chi connectivity index (χ4n) is 6.33. The van der Waals surface area contributed by atoms with Crippen LogP contribution in [0.15, 0.2) is 109 Å². The van der Waals surface area contributed by atoms with Crippen molar-refractivity contribution in [1.82, 2.24) is 19.9 Å². The summed E-state index contributed by atoms with van der Waals surface area (Å²) >= 11 is 2.46. The second-order valence-electron chi connectivity index (χ2n) is 13.0. The molecule has 0 aliphatic rings. The van der Waals surface area contributed by atoms with E-state index in [0.29, 0.717) is 72.0 Å². The molecule has 61 heavy (non-hydrogen) atoms. The van der Waals surface area contributed by atoms with Gasteiger partial charge in [0.25, 0.3) is 0 Å². The van der Waals surface area contributed by atoms with Gasteiger partial charge in [0.2, 0.25) is 11.0 Å². The molecule has 0 bridgehead atoms. The smallest absolute Gasteiger partial charge is 0.230 e. The van der Waals surface area contributed by atoms with Crippen LogP contribution in [0.5, 0.6) is 46.0 Å². The molecule has 0 atom stereocenters. The van der Waals surface area contributed by atoms with Crippen molar-refractivity contribution in [2.24, 2.45) is 0 Å². The fraction of sp³-hybridized carbons (Fsp3) is 0.114. The van der Waals surface area contributed by atoms with E-state index in [1.807, 2.05) is 42.5 Å². The highest BCUT2D eigenvalue weighted by Crippen LogP contribution is 2.40. The third kappa shape index (κ3) is 8.83. The molecule has 9 rings (SSSR count). The van der Waals surface area contributed by atoms with Gasteiger partial charge in [0.15, 0.2) is 39.7 Å². The number of carbonyl (C=O) groups excluding carboxylic acids is 1. The number of nitrogens with zero attached hydrogens (tertiary/aromatic N) is 4. The Labute approximate surface area is 354 Å². The van der Waals surface area contributed by atoms with Crippen molar-refractivity contribution < 1.29 is 42.1 Å². The molecule has 0 radical (unpaired) electrons. The van der Waals surface area contributed by atoms with Crippen LogP contribution in [0.3, 0.4) is 0 Å². The molecular formula is C44H34F2N6O7S2. The monoisotopic (exact) mass is 860 g/mol. The van der Waals surface area contributed by atoms with E-state index < -0.39 is 5.82 Å². The Morgan fingerprint density at radius 1 is 0.590 bits per heavy atom. The number of fused-ring (bicyclic) bond motifs is 4. The lowest BCUT2D eigenvalue weighted by Crippen LogP contribution is -2.13. The average Bonchev–Trinajstić information content (AvgIpc) is 3.88. The van der Waals surface area contributed by atoms with E-state index in [-0.39, 0.29) is 23.2 Å². The minimum atomic E-state index is -0.574. The quantitative estimate of drug-likeness (QED) is 0.113. The summed E-state index contributed by atoms with van der Waals surface area (Å²) in [5.41, 5.74) is 4.93. The van der Waals surface area contributed by atoms with Crippen molar-refractivity contribution in [1.29, 1.82) is 0 Å². The van der Waals surface area contributed by atoms with Crippen LogP contribution in [0.1, 0.15) is 5.56 Å². The topological polar surface area (TPSA) is 148 Å². The fourth-order valence-corrected chi connectivity index (χ4v) is 8.01. The first-order valence-electron chi connectivity index (χ1n) is 18.3. The first-order chi connectivity index (χ1) is 29.7. The van der Waals surface area contributed by atoms with Crippen LogP contribution in [0.25, 0.3) is 42.2 Å². The maximum Gasteiger partial charge on any atom is 0.230 e. The number of methoxy groups -OCH3 is 4. The van der Waals surface area contributed by atoms with Crippen molar-refractivity contribution >= 4 is 81.1 Å². The Bertz CT molecular complexity index is 3040. The van der Waals surface area contributed by atoms with Gasteiger partial charge >= 0.3 is 0 Å². The zero-order chi connectivity index (χ0) is 42.5. The van der Waals surface area contributed by atoms with Crippen LogP contribution in [0.4, 0.5) is 19.1 Å². The molecule has 4 heterocycles. The Balaban J connectivity index is 0.000000176. The molecule has 0 unspecified atom stereocenters. The lowest BCUT2D eigenvalue weighted by Gasteiger charge is -2.12. The average molecular weight is 861 g/mol. The van der Waals surface area contributed by atoms with Gasteiger partial charge in [0, 0.05) is 53.5 Å². The third-order valence-corrected chi connectivity index (χ3v) is 11.0. The second-order valence-corrected chi connectivity index (χ2v) is 15.1. The van der Waals surface area contributed by atoms with Gasteiger partial charge < -0.3 is 33.7 Å². The van der Waals surface area contributed by atoms with Gasteiger partial charge in [-0.05, 0) is 42.0 Å². The van der Waals surface area contributed by atoms with Crippen LogP contribution in [-0.4, -0.2) is 54.3 Å². The Kier molecular flexibility index (Phi) is 11.8. The van der Waals surface area contributed by atoms with Gasteiger partial charge in [-0.1, -0.05) is 53.0 Å². The number of pyridine rings is 2. The number of hydrogen-bond acceptors (Lipinski definition) is 14. The summed E-state index contributed by atoms with van der Waals surface area (Å²) in [7, 11) is 6.24. The van der Waals surface area contributed by atoms with E-state index in [9.17, 15) is 13.7 Å². The predicted octanol–water partition coefficient (Wildman–Crippen LogP) is 10.9. The van der Waals surface area contributed by atoms with Crippen LogP contribution in [0, 0.1) is 5.82 Å². The zero-order valence-electron chi connectivity index (χ0n) is 32.8. The number of ether oxygens (including phenoxy) is 6. The highest BCUT2D eigenvalue weighted by molar-refractivity contribution is 7.22. The summed E-state index contributed by atoms with van der Waals surface area (Å²) in [5.74, 6) is 3.15. The number of anilines is 2. The molecule has 5 aromatic carbocycles. The zero-order valence-corrected chi connectivity index (χ0v) is 34.5. The van der Waals surface area contributed by atoms with Gasteiger partial charge in [-0.25, -0.2) is 14.4 Å². The van der Waals surface area contributed by atoms with Crippen molar-refractivity contribution in [3.8, 4) is 46.0 Å². The number of hydrogen-bond donors (Lipinski definition) is 2. The highest BCUT2D eigenvalue weighted by Gasteiger charge is 2.17. The van der Waals surface area contributed by atoms with Crippen molar-refractivity contribution in [3.05, 3.63) is 121 Å². The van der Waals surface area contributed by atoms with Crippen molar-refractivity contribution in [3.63, 3.8) is 0 Å². The number of nitrogens with one attached hydrogen (secondary N) is 2. The summed E-state index contributed by atoms with van der Waals surface area (Å²) < 4.78 is 62.4. The van der Waals surface area contributed by atoms with E-state index in [0.717, 1.165) is 21.2 Å². The number of amides is 1. The number of aromatic nitrogens is 4. The van der Waals surface area contributed by atoms with Gasteiger partial charge in [0.1, 0.15) is 17.2 Å². The van der Waals surface area contributed by atoms with E-state index in [4.69, 9.17) is 28.4 Å². The molecule has 0 aliphatic heterocycles. The predicted molar refractivity (Wildman–Crippen MR) is 233 cm³/mol. The number of thiazole rings is 2. The first kappa shape index (κ1) is 40.4. The molecule has 1 amide bonds. The van der Waals surface area contributed by atoms with Crippen molar-refractivity contribution in [2.45, 2.75) is 6.42 Å². The van der Waals surface area contributed by atoms with Crippen LogP contribution in [-0.2, 0) is 11.2 Å². The molecule has 0 spiro atoms. The number of carbonyl (C=O) groups is 1.